The molecule has 0 bridgehead atoms. The molecule has 0 unspecified atom stereocenters. The van der Waals surface area contributed by atoms with Crippen LogP contribution in [-0.2, 0) is 0 Å². The first kappa shape index (κ1) is 7.99. The van der Waals surface area contributed by atoms with Crippen molar-refractivity contribution in [3.8, 4) is 0 Å². The lowest BCUT2D eigenvalue weighted by molar-refractivity contribution is 0.627. The maximum absolute atomic E-state index is 12.7. The van der Waals surface area contributed by atoms with Gasteiger partial charge in [0.1, 0.15) is 5.82 Å². The van der Waals surface area contributed by atoms with Gasteiger partial charge in [-0.25, -0.2) is 4.39 Å². The molecule has 0 aliphatic rings. The summed E-state index contributed by atoms with van der Waals surface area (Å²) < 4.78 is 12.7. The minimum atomic E-state index is -0.200. The van der Waals surface area contributed by atoms with Crippen molar-refractivity contribution in [2.45, 2.75) is 13.8 Å². The van der Waals surface area contributed by atoms with E-state index in [-0.39, 0.29) is 5.82 Å². The predicted octanol–water partition coefficient (Wildman–Crippen LogP) is 3.17. The number of hydrogen-bond donors (Lipinski definition) is 0. The fraction of sp³-hybridized carbons (Fsp3) is 0.200. The number of hydrogen-bond acceptors (Lipinski definition) is 0. The van der Waals surface area contributed by atoms with E-state index in [0.29, 0.717) is 0 Å². The summed E-state index contributed by atoms with van der Waals surface area (Å²) >= 11 is 0. The molecule has 0 nitrogen and oxygen atoms in total. The van der Waals surface area contributed by atoms with E-state index < -0.39 is 0 Å². The van der Waals surface area contributed by atoms with Gasteiger partial charge in [-0.1, -0.05) is 18.2 Å². The van der Waals surface area contributed by atoms with E-state index in [9.17, 15) is 4.39 Å². The molecule has 0 amide bonds. The van der Waals surface area contributed by atoms with Crippen molar-refractivity contribution < 1.29 is 4.39 Å². The molecule has 0 aliphatic carbocycles. The smallest absolute Gasteiger partial charge is 0.123 e. The number of allylic oxidation sites excluding steroid dienone is 1. The Balaban J connectivity index is 3.23. The predicted molar refractivity (Wildman–Crippen MR) is 45.8 cm³/mol. The molecule has 0 aromatic heterocycles. The lowest BCUT2D eigenvalue weighted by atomic mass is 10.0. The van der Waals surface area contributed by atoms with Crippen molar-refractivity contribution in [1.29, 1.82) is 0 Å². The Kier molecular flexibility index (Phi) is 2.08. The van der Waals surface area contributed by atoms with E-state index in [1.807, 2.05) is 13.8 Å². The highest BCUT2D eigenvalue weighted by Gasteiger charge is 1.99. The van der Waals surface area contributed by atoms with E-state index in [4.69, 9.17) is 0 Å². The van der Waals surface area contributed by atoms with Crippen LogP contribution in [0.1, 0.15) is 18.1 Å². The van der Waals surface area contributed by atoms with Crippen LogP contribution in [0.2, 0.25) is 0 Å². The molecule has 1 aromatic rings. The van der Waals surface area contributed by atoms with Gasteiger partial charge in [0.2, 0.25) is 0 Å². The molecule has 0 saturated heterocycles. The molecule has 0 heterocycles. The number of benzene rings is 1. The Morgan fingerprint density at radius 1 is 1.45 bits per heavy atom. The fourth-order valence-electron chi connectivity index (χ4n) is 1.05. The summed E-state index contributed by atoms with van der Waals surface area (Å²) in [5, 5.41) is 0. The van der Waals surface area contributed by atoms with Crippen LogP contribution >= 0.6 is 0 Å². The Hall–Kier alpha value is -1.11. The first-order valence-corrected chi connectivity index (χ1v) is 3.53. The van der Waals surface area contributed by atoms with Crippen molar-refractivity contribution in [1.82, 2.24) is 0 Å². The molecule has 0 atom stereocenters. The lowest BCUT2D eigenvalue weighted by Gasteiger charge is -2.03. The second kappa shape index (κ2) is 2.87. The summed E-state index contributed by atoms with van der Waals surface area (Å²) in [7, 11) is 0. The largest absolute Gasteiger partial charge is 0.207 e. The van der Waals surface area contributed by atoms with Gasteiger partial charge < -0.3 is 0 Å². The van der Waals surface area contributed by atoms with E-state index in [2.05, 4.69) is 6.58 Å². The van der Waals surface area contributed by atoms with E-state index in [0.717, 1.165) is 16.7 Å². The molecule has 0 radical (unpaired) electrons. The van der Waals surface area contributed by atoms with Crippen molar-refractivity contribution in [3.63, 3.8) is 0 Å². The normalized spacial score (nSPS) is 9.73. The minimum Gasteiger partial charge on any atom is -0.207 e. The molecule has 0 aliphatic heterocycles. The van der Waals surface area contributed by atoms with Gasteiger partial charge in [-0.15, -0.1) is 0 Å². The zero-order valence-corrected chi connectivity index (χ0v) is 6.82. The Morgan fingerprint density at radius 2 is 2.09 bits per heavy atom. The lowest BCUT2D eigenvalue weighted by Crippen LogP contribution is -1.85. The zero-order chi connectivity index (χ0) is 8.43. The van der Waals surface area contributed by atoms with Gasteiger partial charge in [-0.2, -0.15) is 0 Å². The molecule has 1 rings (SSSR count). The molecule has 58 valence electrons. The maximum atomic E-state index is 12.7. The SMILES string of the molecule is C=C(C)c1cc(F)ccc1C. The zero-order valence-electron chi connectivity index (χ0n) is 6.82. The third kappa shape index (κ3) is 1.67. The van der Waals surface area contributed by atoms with Crippen LogP contribution in [-0.4, -0.2) is 0 Å². The first-order valence-electron chi connectivity index (χ1n) is 3.53. The van der Waals surface area contributed by atoms with Crippen LogP contribution in [0.15, 0.2) is 24.8 Å². The molecule has 11 heavy (non-hydrogen) atoms. The second-order valence-electron chi connectivity index (χ2n) is 2.74. The van der Waals surface area contributed by atoms with Gasteiger partial charge in [0.25, 0.3) is 0 Å². The quantitative estimate of drug-likeness (QED) is 0.576. The molecule has 0 spiro atoms. The molecular formula is C10H11F. The summed E-state index contributed by atoms with van der Waals surface area (Å²) in [4.78, 5) is 0. The molecule has 0 saturated carbocycles. The van der Waals surface area contributed by atoms with Crippen LogP contribution in [0, 0.1) is 12.7 Å². The van der Waals surface area contributed by atoms with Crippen LogP contribution < -0.4 is 0 Å². The van der Waals surface area contributed by atoms with E-state index in [1.54, 1.807) is 6.07 Å². The van der Waals surface area contributed by atoms with E-state index in [1.165, 1.54) is 12.1 Å². The van der Waals surface area contributed by atoms with E-state index >= 15 is 0 Å². The van der Waals surface area contributed by atoms with Crippen molar-refractivity contribution >= 4 is 5.57 Å². The third-order valence-electron chi connectivity index (χ3n) is 1.66. The summed E-state index contributed by atoms with van der Waals surface area (Å²) in [5.74, 6) is -0.200. The monoisotopic (exact) mass is 150 g/mol. The second-order valence-corrected chi connectivity index (χ2v) is 2.74. The van der Waals surface area contributed by atoms with Crippen molar-refractivity contribution in [3.05, 3.63) is 41.7 Å². The number of halogens is 1. The molecule has 0 fully saturated rings. The molecule has 0 N–H and O–H groups in total. The third-order valence-corrected chi connectivity index (χ3v) is 1.66. The van der Waals surface area contributed by atoms with Gasteiger partial charge >= 0.3 is 0 Å². The van der Waals surface area contributed by atoms with Crippen LogP contribution in [0.3, 0.4) is 0 Å². The van der Waals surface area contributed by atoms with Crippen molar-refractivity contribution in [2.75, 3.05) is 0 Å². The van der Waals surface area contributed by atoms with Gasteiger partial charge in [0.05, 0.1) is 0 Å². The highest BCUT2D eigenvalue weighted by atomic mass is 19.1. The van der Waals surface area contributed by atoms with Gasteiger partial charge in [-0.05, 0) is 37.1 Å². The average molecular weight is 150 g/mol. The Bertz CT molecular complexity index is 287. The van der Waals surface area contributed by atoms with Crippen LogP contribution in [0.5, 0.6) is 0 Å². The molecule has 1 heteroatoms. The summed E-state index contributed by atoms with van der Waals surface area (Å²) in [6.07, 6.45) is 0. The standard InChI is InChI=1S/C10H11F/c1-7(2)10-6-9(11)5-4-8(10)3/h4-6H,1H2,2-3H3. The number of rotatable bonds is 1. The fourth-order valence-corrected chi connectivity index (χ4v) is 1.05. The topological polar surface area (TPSA) is 0 Å². The highest BCUT2D eigenvalue weighted by molar-refractivity contribution is 5.64. The van der Waals surface area contributed by atoms with Crippen LogP contribution in [0.4, 0.5) is 4.39 Å². The Labute approximate surface area is 66.4 Å². The Morgan fingerprint density at radius 3 is 2.55 bits per heavy atom. The summed E-state index contributed by atoms with van der Waals surface area (Å²) in [6, 6.07) is 4.73. The van der Waals surface area contributed by atoms with Gasteiger partial charge in [0, 0.05) is 0 Å². The molecular weight excluding hydrogens is 139 g/mol. The van der Waals surface area contributed by atoms with Crippen molar-refractivity contribution in [2.24, 2.45) is 0 Å². The minimum absolute atomic E-state index is 0.200. The summed E-state index contributed by atoms with van der Waals surface area (Å²) in [5.41, 5.74) is 2.88. The van der Waals surface area contributed by atoms with Gasteiger partial charge in [-0.3, -0.25) is 0 Å². The first-order chi connectivity index (χ1) is 5.11. The summed E-state index contributed by atoms with van der Waals surface area (Å²) in [6.45, 7) is 7.59. The maximum Gasteiger partial charge on any atom is 0.123 e. The van der Waals surface area contributed by atoms with Gasteiger partial charge in [0.15, 0.2) is 0 Å². The molecule has 1 aromatic carbocycles. The average Bonchev–Trinajstić information content (AvgIpc) is 1.94. The highest BCUT2D eigenvalue weighted by Crippen LogP contribution is 2.17. The van der Waals surface area contributed by atoms with Crippen LogP contribution in [0.25, 0.3) is 5.57 Å². The number of aryl methyl sites for hydroxylation is 1.